The number of nitrogens with zero attached hydrogens (tertiary/aromatic N) is 6. The van der Waals surface area contributed by atoms with Crippen LogP contribution in [0.2, 0.25) is 0 Å². The van der Waals surface area contributed by atoms with Gasteiger partial charge in [0.05, 0.1) is 0 Å². The molecule has 0 bridgehead atoms. The maximum Gasteiger partial charge on any atom is 0.225 e. The standard InChI is InChI=1S/C21H37N7/c1-4-22-20(28-16-18(2)15-19(3)17-28)25-9-6-10-26-11-13-27(14-12-26)21-23-7-5-8-24-21/h5,7-8,18-19H,4,6,9-17H2,1-3H3,(H,22,25). The van der Waals surface area contributed by atoms with E-state index in [0.29, 0.717) is 0 Å². The number of hydrogen-bond acceptors (Lipinski definition) is 5. The second kappa shape index (κ2) is 10.6. The summed E-state index contributed by atoms with van der Waals surface area (Å²) >= 11 is 0. The zero-order valence-corrected chi connectivity index (χ0v) is 17.8. The van der Waals surface area contributed by atoms with Crippen molar-refractivity contribution in [1.82, 2.24) is 25.1 Å². The van der Waals surface area contributed by atoms with Gasteiger partial charge in [-0.2, -0.15) is 0 Å². The number of anilines is 1. The van der Waals surface area contributed by atoms with Crippen molar-refractivity contribution in [1.29, 1.82) is 0 Å². The highest BCUT2D eigenvalue weighted by atomic mass is 15.3. The Morgan fingerprint density at radius 3 is 2.43 bits per heavy atom. The zero-order chi connectivity index (χ0) is 19.8. The van der Waals surface area contributed by atoms with E-state index in [2.05, 4.69) is 50.8 Å². The normalized spacial score (nSPS) is 24.5. The minimum absolute atomic E-state index is 0.748. The minimum Gasteiger partial charge on any atom is -0.357 e. The molecule has 2 aliphatic heterocycles. The molecule has 1 N–H and O–H groups in total. The molecular formula is C21H37N7. The molecule has 0 amide bonds. The molecule has 0 aliphatic carbocycles. The lowest BCUT2D eigenvalue weighted by Crippen LogP contribution is -2.48. The Labute approximate surface area is 170 Å². The van der Waals surface area contributed by atoms with Crippen molar-refractivity contribution in [3.8, 4) is 0 Å². The Bertz CT molecular complexity index is 588. The van der Waals surface area contributed by atoms with Crippen LogP contribution < -0.4 is 10.2 Å². The van der Waals surface area contributed by atoms with Crippen LogP contribution in [0.5, 0.6) is 0 Å². The summed E-state index contributed by atoms with van der Waals surface area (Å²) in [6.45, 7) is 16.2. The van der Waals surface area contributed by atoms with Crippen molar-refractivity contribution < 1.29 is 0 Å². The van der Waals surface area contributed by atoms with Crippen LogP contribution in [0.1, 0.15) is 33.6 Å². The highest BCUT2D eigenvalue weighted by Crippen LogP contribution is 2.21. The maximum absolute atomic E-state index is 4.93. The number of rotatable bonds is 6. The Kier molecular flexibility index (Phi) is 7.89. The van der Waals surface area contributed by atoms with Gasteiger partial charge in [-0.05, 0) is 37.7 Å². The van der Waals surface area contributed by atoms with Crippen molar-refractivity contribution in [3.05, 3.63) is 18.5 Å². The van der Waals surface area contributed by atoms with Crippen LogP contribution in [-0.2, 0) is 0 Å². The molecule has 156 valence electrons. The number of piperidine rings is 1. The molecule has 0 spiro atoms. The molecular weight excluding hydrogens is 350 g/mol. The van der Waals surface area contributed by atoms with Gasteiger partial charge in [0.2, 0.25) is 5.95 Å². The smallest absolute Gasteiger partial charge is 0.225 e. The van der Waals surface area contributed by atoms with Gasteiger partial charge in [-0.15, -0.1) is 0 Å². The minimum atomic E-state index is 0.748. The van der Waals surface area contributed by atoms with Gasteiger partial charge in [0.15, 0.2) is 5.96 Å². The van der Waals surface area contributed by atoms with Crippen LogP contribution in [0.25, 0.3) is 0 Å². The second-order valence-electron chi connectivity index (χ2n) is 8.32. The molecule has 2 fully saturated rings. The van der Waals surface area contributed by atoms with Crippen molar-refractivity contribution in [2.45, 2.75) is 33.6 Å². The van der Waals surface area contributed by atoms with Gasteiger partial charge >= 0.3 is 0 Å². The van der Waals surface area contributed by atoms with E-state index in [4.69, 9.17) is 4.99 Å². The van der Waals surface area contributed by atoms with Crippen molar-refractivity contribution in [2.24, 2.45) is 16.8 Å². The van der Waals surface area contributed by atoms with Crippen LogP contribution in [0, 0.1) is 11.8 Å². The largest absolute Gasteiger partial charge is 0.357 e. The van der Waals surface area contributed by atoms with Crippen LogP contribution in [0.4, 0.5) is 5.95 Å². The van der Waals surface area contributed by atoms with Crippen LogP contribution in [-0.4, -0.2) is 84.6 Å². The summed E-state index contributed by atoms with van der Waals surface area (Å²) in [4.78, 5) is 20.9. The van der Waals surface area contributed by atoms with Gasteiger partial charge in [-0.1, -0.05) is 13.8 Å². The molecule has 2 unspecified atom stereocenters. The lowest BCUT2D eigenvalue weighted by molar-refractivity contribution is 0.208. The molecule has 0 saturated carbocycles. The fourth-order valence-electron chi connectivity index (χ4n) is 4.37. The molecule has 0 aromatic carbocycles. The number of nitrogens with one attached hydrogen (secondary N) is 1. The van der Waals surface area contributed by atoms with E-state index in [9.17, 15) is 0 Å². The Balaban J connectivity index is 1.41. The van der Waals surface area contributed by atoms with Crippen LogP contribution >= 0.6 is 0 Å². The van der Waals surface area contributed by atoms with Crippen LogP contribution in [0.3, 0.4) is 0 Å². The highest BCUT2D eigenvalue weighted by molar-refractivity contribution is 5.80. The molecule has 2 saturated heterocycles. The molecule has 7 heteroatoms. The number of guanidine groups is 1. The van der Waals surface area contributed by atoms with Crippen molar-refractivity contribution in [3.63, 3.8) is 0 Å². The SMILES string of the molecule is CCNC(=NCCCN1CCN(c2ncccn2)CC1)N1CC(C)CC(C)C1. The maximum atomic E-state index is 4.93. The third-order valence-corrected chi connectivity index (χ3v) is 5.60. The molecule has 0 radical (unpaired) electrons. The topological polar surface area (TPSA) is 59.9 Å². The lowest BCUT2D eigenvalue weighted by Gasteiger charge is -2.37. The van der Waals surface area contributed by atoms with E-state index in [-0.39, 0.29) is 0 Å². The van der Waals surface area contributed by atoms with Gasteiger partial charge < -0.3 is 15.1 Å². The first-order valence-electron chi connectivity index (χ1n) is 10.9. The molecule has 3 rings (SSSR count). The van der Waals surface area contributed by atoms with Crippen LogP contribution in [0.15, 0.2) is 23.5 Å². The lowest BCUT2D eigenvalue weighted by atomic mass is 9.92. The third-order valence-electron chi connectivity index (χ3n) is 5.60. The average Bonchev–Trinajstić information content (AvgIpc) is 2.71. The van der Waals surface area contributed by atoms with E-state index in [1.807, 2.05) is 18.5 Å². The molecule has 2 aliphatic rings. The number of likely N-dealkylation sites (tertiary alicyclic amines) is 1. The van der Waals surface area contributed by atoms with Crippen molar-refractivity contribution >= 4 is 11.9 Å². The summed E-state index contributed by atoms with van der Waals surface area (Å²) in [5, 5.41) is 3.50. The van der Waals surface area contributed by atoms with Gasteiger partial charge in [-0.3, -0.25) is 9.89 Å². The number of hydrogen-bond donors (Lipinski definition) is 1. The molecule has 7 nitrogen and oxygen atoms in total. The predicted molar refractivity (Wildman–Crippen MR) is 116 cm³/mol. The summed E-state index contributed by atoms with van der Waals surface area (Å²) in [5.41, 5.74) is 0. The fraction of sp³-hybridized carbons (Fsp3) is 0.762. The monoisotopic (exact) mass is 387 g/mol. The predicted octanol–water partition coefficient (Wildman–Crippen LogP) is 1.93. The van der Waals surface area contributed by atoms with Gasteiger partial charge in [0.25, 0.3) is 0 Å². The summed E-state index contributed by atoms with van der Waals surface area (Å²) in [7, 11) is 0. The number of piperazine rings is 1. The molecule has 1 aromatic heterocycles. The Hall–Kier alpha value is -1.89. The summed E-state index contributed by atoms with van der Waals surface area (Å²) < 4.78 is 0. The number of aromatic nitrogens is 2. The zero-order valence-electron chi connectivity index (χ0n) is 17.8. The Morgan fingerprint density at radius 1 is 1.11 bits per heavy atom. The van der Waals surface area contributed by atoms with Gasteiger partial charge in [-0.25, -0.2) is 9.97 Å². The van der Waals surface area contributed by atoms with Gasteiger partial charge in [0.1, 0.15) is 0 Å². The molecule has 1 aromatic rings. The summed E-state index contributed by atoms with van der Waals surface area (Å²) in [5.74, 6) is 3.45. The molecule has 2 atom stereocenters. The van der Waals surface area contributed by atoms with E-state index < -0.39 is 0 Å². The van der Waals surface area contributed by atoms with E-state index in [1.54, 1.807) is 0 Å². The average molecular weight is 388 g/mol. The van der Waals surface area contributed by atoms with E-state index >= 15 is 0 Å². The van der Waals surface area contributed by atoms with Crippen molar-refractivity contribution in [2.75, 3.05) is 63.8 Å². The summed E-state index contributed by atoms with van der Waals surface area (Å²) in [6.07, 6.45) is 6.07. The van der Waals surface area contributed by atoms with E-state index in [0.717, 1.165) is 89.1 Å². The number of aliphatic imine (C=N–C) groups is 1. The first-order valence-corrected chi connectivity index (χ1v) is 10.9. The summed E-state index contributed by atoms with van der Waals surface area (Å²) in [6, 6.07) is 1.87. The quantitative estimate of drug-likeness (QED) is 0.457. The van der Waals surface area contributed by atoms with Gasteiger partial charge in [0, 0.05) is 71.3 Å². The van der Waals surface area contributed by atoms with E-state index in [1.165, 1.54) is 6.42 Å². The molecule has 28 heavy (non-hydrogen) atoms. The fourth-order valence-corrected chi connectivity index (χ4v) is 4.37. The Morgan fingerprint density at radius 2 is 1.79 bits per heavy atom. The first kappa shape index (κ1) is 20.8. The molecule has 3 heterocycles. The first-order chi connectivity index (χ1) is 13.7. The second-order valence-corrected chi connectivity index (χ2v) is 8.32. The third kappa shape index (κ3) is 6.06. The highest BCUT2D eigenvalue weighted by Gasteiger charge is 2.24.